The first-order valence-corrected chi connectivity index (χ1v) is 10.3. The van der Waals surface area contributed by atoms with E-state index in [1.807, 2.05) is 0 Å². The molecule has 0 unspecified atom stereocenters. The minimum Gasteiger partial charge on any atom is -0.477 e. The number of carboxylic acids is 1. The van der Waals surface area contributed by atoms with Gasteiger partial charge in [0.25, 0.3) is 0 Å². The lowest BCUT2D eigenvalue weighted by Crippen LogP contribution is -2.33. The molecular formula is C11H15NO6S3. The van der Waals surface area contributed by atoms with Crippen LogP contribution in [0.15, 0.2) is 11.0 Å². The molecule has 1 N–H and O–H groups in total. The van der Waals surface area contributed by atoms with Gasteiger partial charge in [0.2, 0.25) is 10.0 Å². The van der Waals surface area contributed by atoms with Crippen molar-refractivity contribution in [2.24, 2.45) is 0 Å². The fraction of sp³-hybridized carbons (Fsp3) is 0.545. The average Bonchev–Trinajstić information content (AvgIpc) is 2.66. The van der Waals surface area contributed by atoms with Crippen molar-refractivity contribution in [2.45, 2.75) is 18.2 Å². The predicted molar refractivity (Wildman–Crippen MR) is 78.0 cm³/mol. The second kappa shape index (κ2) is 5.67. The number of sulfone groups is 1. The topological polar surface area (TPSA) is 109 Å². The maximum absolute atomic E-state index is 12.6. The van der Waals surface area contributed by atoms with Gasteiger partial charge in [-0.25, -0.2) is 21.6 Å². The summed E-state index contributed by atoms with van der Waals surface area (Å²) >= 11 is 0.895. The summed E-state index contributed by atoms with van der Waals surface area (Å²) in [5, 5.41) is 8.93. The average molecular weight is 353 g/mol. The molecule has 0 bridgehead atoms. The Morgan fingerprint density at radius 3 is 2.57 bits per heavy atom. The quantitative estimate of drug-likeness (QED) is 0.851. The highest BCUT2D eigenvalue weighted by molar-refractivity contribution is 7.91. The standard InChI is InChI=1S/C11H15NO6S3/c1-8-10(7-9(19-8)11(13)14)21(17,18)12-3-2-5-20(15,16)6-4-12/h7H,2-6H2,1H3,(H,13,14). The Hall–Kier alpha value is -0.970. The van der Waals surface area contributed by atoms with Crippen LogP contribution in [-0.2, 0) is 19.9 Å². The smallest absolute Gasteiger partial charge is 0.345 e. The van der Waals surface area contributed by atoms with Crippen molar-refractivity contribution in [2.75, 3.05) is 24.6 Å². The van der Waals surface area contributed by atoms with Crippen LogP contribution in [0.5, 0.6) is 0 Å². The Morgan fingerprint density at radius 1 is 1.33 bits per heavy atom. The first-order chi connectivity index (χ1) is 9.63. The van der Waals surface area contributed by atoms with E-state index in [9.17, 15) is 21.6 Å². The van der Waals surface area contributed by atoms with Crippen molar-refractivity contribution in [1.82, 2.24) is 4.31 Å². The normalized spacial score (nSPS) is 20.0. The Bertz CT molecular complexity index is 762. The van der Waals surface area contributed by atoms with Crippen molar-refractivity contribution < 1.29 is 26.7 Å². The van der Waals surface area contributed by atoms with E-state index < -0.39 is 25.8 Å². The number of rotatable bonds is 3. The molecule has 2 rings (SSSR count). The van der Waals surface area contributed by atoms with Crippen molar-refractivity contribution in [1.29, 1.82) is 0 Å². The third kappa shape index (κ3) is 3.44. The maximum Gasteiger partial charge on any atom is 0.345 e. The van der Waals surface area contributed by atoms with E-state index in [-0.39, 0.29) is 40.8 Å². The van der Waals surface area contributed by atoms with Crippen LogP contribution < -0.4 is 0 Å². The minimum absolute atomic E-state index is 0.0258. The molecule has 0 amide bonds. The molecule has 0 saturated carbocycles. The van der Waals surface area contributed by atoms with E-state index in [1.54, 1.807) is 6.92 Å². The van der Waals surface area contributed by atoms with E-state index in [0.29, 0.717) is 4.88 Å². The Morgan fingerprint density at radius 2 is 2.00 bits per heavy atom. The lowest BCUT2D eigenvalue weighted by atomic mass is 10.4. The first kappa shape index (κ1) is 16.4. The highest BCUT2D eigenvalue weighted by Gasteiger charge is 2.31. The molecule has 1 aromatic heterocycles. The minimum atomic E-state index is -3.86. The largest absolute Gasteiger partial charge is 0.477 e. The van der Waals surface area contributed by atoms with E-state index in [0.717, 1.165) is 21.7 Å². The van der Waals surface area contributed by atoms with Gasteiger partial charge in [-0.3, -0.25) is 0 Å². The number of nitrogens with zero attached hydrogens (tertiary/aromatic N) is 1. The van der Waals surface area contributed by atoms with Gasteiger partial charge in [-0.2, -0.15) is 4.31 Å². The Labute approximate surface area is 127 Å². The van der Waals surface area contributed by atoms with Crippen LogP contribution in [0.2, 0.25) is 0 Å². The fourth-order valence-corrected chi connectivity index (χ4v) is 6.39. The third-order valence-corrected chi connectivity index (χ3v) is 8.12. The zero-order valence-electron chi connectivity index (χ0n) is 11.3. The summed E-state index contributed by atoms with van der Waals surface area (Å²) in [5.41, 5.74) is 0. The monoisotopic (exact) mass is 353 g/mol. The molecule has 0 atom stereocenters. The summed E-state index contributed by atoms with van der Waals surface area (Å²) in [6.07, 6.45) is 0.247. The molecule has 1 saturated heterocycles. The number of thiophene rings is 1. The van der Waals surface area contributed by atoms with Gasteiger partial charge in [0.05, 0.1) is 16.4 Å². The second-order valence-electron chi connectivity index (χ2n) is 4.75. The molecule has 0 aliphatic carbocycles. The molecule has 2 heterocycles. The van der Waals surface area contributed by atoms with Gasteiger partial charge in [-0.05, 0) is 19.4 Å². The van der Waals surface area contributed by atoms with E-state index >= 15 is 0 Å². The highest BCUT2D eigenvalue weighted by atomic mass is 32.2. The van der Waals surface area contributed by atoms with Gasteiger partial charge >= 0.3 is 5.97 Å². The summed E-state index contributed by atoms with van der Waals surface area (Å²) < 4.78 is 49.3. The van der Waals surface area contributed by atoms with Gasteiger partial charge in [0.15, 0.2) is 9.84 Å². The van der Waals surface area contributed by atoms with Crippen LogP contribution in [0.3, 0.4) is 0 Å². The molecular weight excluding hydrogens is 338 g/mol. The number of hydrogen-bond donors (Lipinski definition) is 1. The number of carboxylic acid groups (broad SMARTS) is 1. The van der Waals surface area contributed by atoms with Gasteiger partial charge in [0.1, 0.15) is 4.88 Å². The van der Waals surface area contributed by atoms with Gasteiger partial charge in [-0.1, -0.05) is 0 Å². The second-order valence-corrected chi connectivity index (χ2v) is 10.2. The molecule has 1 aromatic rings. The van der Waals surface area contributed by atoms with Crippen LogP contribution in [0.1, 0.15) is 21.0 Å². The number of aryl methyl sites for hydroxylation is 1. The van der Waals surface area contributed by atoms with Gasteiger partial charge in [-0.15, -0.1) is 11.3 Å². The molecule has 118 valence electrons. The van der Waals surface area contributed by atoms with E-state index in [4.69, 9.17) is 5.11 Å². The Kier molecular flexibility index (Phi) is 4.43. The summed E-state index contributed by atoms with van der Waals surface area (Å²) in [7, 11) is -7.07. The van der Waals surface area contributed by atoms with E-state index in [1.165, 1.54) is 0 Å². The molecule has 0 spiro atoms. The van der Waals surface area contributed by atoms with Crippen LogP contribution >= 0.6 is 11.3 Å². The molecule has 21 heavy (non-hydrogen) atoms. The zero-order chi connectivity index (χ0) is 15.8. The Balaban J connectivity index is 2.36. The van der Waals surface area contributed by atoms with Crippen LogP contribution in [0.25, 0.3) is 0 Å². The highest BCUT2D eigenvalue weighted by Crippen LogP contribution is 2.29. The van der Waals surface area contributed by atoms with E-state index in [2.05, 4.69) is 0 Å². The predicted octanol–water partition coefficient (Wildman–Crippen LogP) is 0.564. The number of sulfonamides is 1. The van der Waals surface area contributed by atoms with Crippen molar-refractivity contribution in [3.8, 4) is 0 Å². The maximum atomic E-state index is 12.6. The van der Waals surface area contributed by atoms with Crippen molar-refractivity contribution >= 4 is 37.2 Å². The van der Waals surface area contributed by atoms with Crippen LogP contribution in [0, 0.1) is 6.92 Å². The zero-order valence-corrected chi connectivity index (χ0v) is 13.7. The molecule has 1 fully saturated rings. The van der Waals surface area contributed by atoms with Crippen molar-refractivity contribution in [3.63, 3.8) is 0 Å². The lowest BCUT2D eigenvalue weighted by Gasteiger charge is -2.19. The number of hydrogen-bond acceptors (Lipinski definition) is 6. The van der Waals surface area contributed by atoms with Gasteiger partial charge in [0, 0.05) is 18.0 Å². The first-order valence-electron chi connectivity index (χ1n) is 6.18. The summed E-state index contributed by atoms with van der Waals surface area (Å²) in [6, 6.07) is 1.14. The molecule has 0 radical (unpaired) electrons. The van der Waals surface area contributed by atoms with Crippen molar-refractivity contribution in [3.05, 3.63) is 15.8 Å². The lowest BCUT2D eigenvalue weighted by molar-refractivity contribution is 0.0702. The fourth-order valence-electron chi connectivity index (χ4n) is 2.12. The summed E-state index contributed by atoms with van der Waals surface area (Å²) in [4.78, 5) is 11.2. The number of carbonyl (C=O) groups is 1. The SMILES string of the molecule is Cc1sc(C(=O)O)cc1S(=O)(=O)N1CCCS(=O)(=O)CC1. The molecule has 1 aliphatic rings. The molecule has 0 aromatic carbocycles. The summed E-state index contributed by atoms with van der Waals surface area (Å²) in [6.45, 7) is 1.57. The van der Waals surface area contributed by atoms with Crippen LogP contribution in [0.4, 0.5) is 0 Å². The van der Waals surface area contributed by atoms with Gasteiger partial charge < -0.3 is 5.11 Å². The number of aromatic carboxylic acids is 1. The molecule has 10 heteroatoms. The third-order valence-electron chi connectivity index (χ3n) is 3.22. The molecule has 1 aliphatic heterocycles. The molecule has 7 nitrogen and oxygen atoms in total. The van der Waals surface area contributed by atoms with Crippen LogP contribution in [-0.4, -0.2) is 56.8 Å². The summed E-state index contributed by atoms with van der Waals surface area (Å²) in [5.74, 6) is -1.41.